The quantitative estimate of drug-likeness (QED) is 0.736. The minimum atomic E-state index is -0.932. The summed E-state index contributed by atoms with van der Waals surface area (Å²) < 4.78 is 26.7. The zero-order valence-corrected chi connectivity index (χ0v) is 18.8. The first kappa shape index (κ1) is 22.3. The molecule has 1 aliphatic heterocycles. The van der Waals surface area contributed by atoms with E-state index < -0.39 is 17.5 Å². The Kier molecular flexibility index (Phi) is 5.87. The third kappa shape index (κ3) is 4.36. The van der Waals surface area contributed by atoms with Crippen molar-refractivity contribution < 1.29 is 23.2 Å². The number of carbonyl (C=O) groups excluding carboxylic acids is 3. The van der Waals surface area contributed by atoms with Crippen LogP contribution in [0.5, 0.6) is 0 Å². The number of halogens is 2. The van der Waals surface area contributed by atoms with Crippen LogP contribution in [0, 0.1) is 34.8 Å². The Hall–Kier alpha value is -2.51. The normalized spacial score (nSPS) is 30.4. The lowest BCUT2D eigenvalue weighted by atomic mass is 9.49. The zero-order valence-electron chi connectivity index (χ0n) is 18.8. The lowest BCUT2D eigenvalue weighted by molar-refractivity contribution is -0.160. The lowest BCUT2D eigenvalue weighted by Crippen LogP contribution is -2.58. The van der Waals surface area contributed by atoms with Gasteiger partial charge in [-0.05, 0) is 68.4 Å². The maximum Gasteiger partial charge on any atom is 0.254 e. The molecule has 0 aromatic heterocycles. The third-order valence-electron chi connectivity index (χ3n) is 8.21. The molecule has 1 aromatic carbocycles. The second kappa shape index (κ2) is 8.69. The van der Waals surface area contributed by atoms with Gasteiger partial charge in [-0.15, -0.1) is 0 Å². The Labute approximate surface area is 192 Å². The molecule has 0 atom stereocenters. The number of hydrogen-bond acceptors (Lipinski definition) is 3. The summed E-state index contributed by atoms with van der Waals surface area (Å²) in [6.45, 7) is 2.18. The van der Waals surface area contributed by atoms with Gasteiger partial charge in [0, 0.05) is 45.2 Å². The Bertz CT molecular complexity index is 923. The molecule has 33 heavy (non-hydrogen) atoms. The van der Waals surface area contributed by atoms with Crippen molar-refractivity contribution in [2.75, 3.05) is 32.7 Å². The molecule has 5 aliphatic rings. The number of nitrogens with zero attached hydrogens (tertiary/aromatic N) is 2. The van der Waals surface area contributed by atoms with Crippen molar-refractivity contribution in [3.8, 4) is 0 Å². The summed E-state index contributed by atoms with van der Waals surface area (Å²) in [6.07, 6.45) is 7.15. The average Bonchev–Trinajstić information content (AvgIpc) is 2.77. The first-order chi connectivity index (χ1) is 15.8. The van der Waals surface area contributed by atoms with E-state index in [-0.39, 0.29) is 29.9 Å². The van der Waals surface area contributed by atoms with Crippen LogP contribution >= 0.6 is 0 Å². The van der Waals surface area contributed by atoms with E-state index >= 15 is 0 Å². The molecule has 0 unspecified atom stereocenters. The monoisotopic (exact) mass is 459 g/mol. The van der Waals surface area contributed by atoms with Crippen molar-refractivity contribution in [2.45, 2.75) is 44.9 Å². The number of amides is 3. The molecule has 1 saturated heterocycles. The highest BCUT2D eigenvalue weighted by Gasteiger charge is 2.55. The molecule has 0 spiro atoms. The van der Waals surface area contributed by atoms with E-state index in [0.717, 1.165) is 49.1 Å². The van der Waals surface area contributed by atoms with Crippen molar-refractivity contribution in [1.82, 2.24) is 15.1 Å². The minimum Gasteiger partial charge on any atom is -0.351 e. The van der Waals surface area contributed by atoms with Crippen LogP contribution in [-0.4, -0.2) is 60.2 Å². The molecule has 4 saturated carbocycles. The van der Waals surface area contributed by atoms with Crippen LogP contribution in [0.4, 0.5) is 8.78 Å². The van der Waals surface area contributed by atoms with Crippen molar-refractivity contribution >= 4 is 17.7 Å². The number of nitrogens with one attached hydrogen (secondary N) is 1. The highest BCUT2D eigenvalue weighted by atomic mass is 19.1. The van der Waals surface area contributed by atoms with Crippen molar-refractivity contribution in [1.29, 1.82) is 0 Å². The highest BCUT2D eigenvalue weighted by molar-refractivity contribution is 5.94. The van der Waals surface area contributed by atoms with E-state index in [1.807, 2.05) is 4.90 Å². The van der Waals surface area contributed by atoms with Gasteiger partial charge in [0.05, 0.1) is 11.0 Å². The maximum absolute atomic E-state index is 13.7. The predicted octanol–water partition coefficient (Wildman–Crippen LogP) is 2.97. The van der Waals surface area contributed by atoms with Crippen LogP contribution in [-0.2, 0) is 9.59 Å². The van der Waals surface area contributed by atoms with Gasteiger partial charge < -0.3 is 15.1 Å². The smallest absolute Gasteiger partial charge is 0.254 e. The zero-order chi connectivity index (χ0) is 23.2. The van der Waals surface area contributed by atoms with E-state index in [4.69, 9.17) is 0 Å². The van der Waals surface area contributed by atoms with Gasteiger partial charge in [0.15, 0.2) is 0 Å². The van der Waals surface area contributed by atoms with Crippen LogP contribution in [0.3, 0.4) is 0 Å². The third-order valence-corrected chi connectivity index (χ3v) is 8.21. The van der Waals surface area contributed by atoms with Crippen molar-refractivity contribution in [3.63, 3.8) is 0 Å². The number of rotatable bonds is 5. The predicted molar refractivity (Wildman–Crippen MR) is 117 cm³/mol. The molecule has 4 aliphatic carbocycles. The van der Waals surface area contributed by atoms with Gasteiger partial charge in [-0.3, -0.25) is 14.4 Å². The maximum atomic E-state index is 13.7. The van der Waals surface area contributed by atoms with E-state index in [1.54, 1.807) is 4.90 Å². The molecule has 6 nitrogen and oxygen atoms in total. The van der Waals surface area contributed by atoms with Gasteiger partial charge in [-0.25, -0.2) is 8.78 Å². The fourth-order valence-electron chi connectivity index (χ4n) is 7.08. The number of benzene rings is 1. The largest absolute Gasteiger partial charge is 0.351 e. The Balaban J connectivity index is 1.08. The fourth-order valence-corrected chi connectivity index (χ4v) is 7.08. The molecular formula is C25H31F2N3O3. The van der Waals surface area contributed by atoms with E-state index in [2.05, 4.69) is 5.32 Å². The Morgan fingerprint density at radius 1 is 0.909 bits per heavy atom. The van der Waals surface area contributed by atoms with Crippen LogP contribution < -0.4 is 5.32 Å². The van der Waals surface area contributed by atoms with Crippen molar-refractivity contribution in [3.05, 3.63) is 35.4 Å². The topological polar surface area (TPSA) is 69.7 Å². The molecule has 5 fully saturated rings. The fraction of sp³-hybridized carbons (Fsp3) is 0.640. The van der Waals surface area contributed by atoms with Crippen molar-refractivity contribution in [2.24, 2.45) is 23.2 Å². The number of carbonyl (C=O) groups is 3. The molecule has 0 radical (unpaired) electrons. The van der Waals surface area contributed by atoms with Gasteiger partial charge in [0.1, 0.15) is 11.6 Å². The molecular weight excluding hydrogens is 428 g/mol. The van der Waals surface area contributed by atoms with E-state index in [0.29, 0.717) is 38.2 Å². The minimum absolute atomic E-state index is 0.0703. The average molecular weight is 460 g/mol. The lowest BCUT2D eigenvalue weighted by Gasteiger charge is -2.57. The SMILES string of the molecule is O=C(NCCC(=O)N1CCN(C(=O)C23CC4CC(CC(C4)C2)C3)CC1)c1ccc(F)cc1F. The van der Waals surface area contributed by atoms with Gasteiger partial charge in [-0.1, -0.05) is 0 Å². The van der Waals surface area contributed by atoms with E-state index in [1.165, 1.54) is 19.3 Å². The standard InChI is InChI=1S/C25H31F2N3O3/c26-19-1-2-20(21(27)12-19)23(32)28-4-3-22(31)29-5-7-30(8-6-29)24(33)25-13-16-9-17(14-25)11-18(10-16)15-25/h1-2,12,16-18H,3-11,13-15H2,(H,28,32). The van der Waals surface area contributed by atoms with Gasteiger partial charge >= 0.3 is 0 Å². The molecule has 178 valence electrons. The van der Waals surface area contributed by atoms with Gasteiger partial charge in [0.2, 0.25) is 11.8 Å². The summed E-state index contributed by atoms with van der Waals surface area (Å²) in [5.74, 6) is 0.0222. The second-order valence-electron chi connectivity index (χ2n) is 10.5. The highest BCUT2D eigenvalue weighted by Crippen LogP contribution is 2.60. The second-order valence-corrected chi connectivity index (χ2v) is 10.5. The van der Waals surface area contributed by atoms with Gasteiger partial charge in [0.25, 0.3) is 5.91 Å². The molecule has 6 rings (SSSR count). The first-order valence-electron chi connectivity index (χ1n) is 12.1. The summed E-state index contributed by atoms with van der Waals surface area (Å²) in [4.78, 5) is 41.8. The number of piperazine rings is 1. The van der Waals surface area contributed by atoms with Crippen LogP contribution in [0.15, 0.2) is 18.2 Å². The van der Waals surface area contributed by atoms with Crippen LogP contribution in [0.1, 0.15) is 55.3 Å². The van der Waals surface area contributed by atoms with E-state index in [9.17, 15) is 23.2 Å². The summed E-state index contributed by atoms with van der Waals surface area (Å²) in [7, 11) is 0. The Morgan fingerprint density at radius 2 is 1.48 bits per heavy atom. The number of hydrogen-bond donors (Lipinski definition) is 1. The Morgan fingerprint density at radius 3 is 2.06 bits per heavy atom. The molecule has 1 heterocycles. The van der Waals surface area contributed by atoms with Gasteiger partial charge in [-0.2, -0.15) is 0 Å². The molecule has 8 heteroatoms. The molecule has 1 aromatic rings. The molecule has 1 N–H and O–H groups in total. The summed E-state index contributed by atoms with van der Waals surface area (Å²) in [5.41, 5.74) is -0.401. The van der Waals surface area contributed by atoms with Crippen LogP contribution in [0.2, 0.25) is 0 Å². The first-order valence-corrected chi connectivity index (χ1v) is 12.1. The summed E-state index contributed by atoms with van der Waals surface area (Å²) in [6, 6.07) is 2.76. The van der Waals surface area contributed by atoms with Crippen LogP contribution in [0.25, 0.3) is 0 Å². The summed E-state index contributed by atoms with van der Waals surface area (Å²) >= 11 is 0. The molecule has 4 bridgehead atoms. The molecule has 3 amide bonds. The summed E-state index contributed by atoms with van der Waals surface area (Å²) in [5, 5.41) is 2.52.